The standard InChI is InChI=1S/C26H31N7O3/c1-17-3-4-22(28-15-17)26(35)33-13-8-20(9-14-33)32-11-6-19(7-12-32)30-25(34)23-18(2)36-31-24(23)21-5-10-27-16-29-21/h3-5,10,15-16,19-20H,6-9,11-14H2,1-2H3,(H,30,34). The number of aryl methyl sites for hydroxylation is 2. The summed E-state index contributed by atoms with van der Waals surface area (Å²) in [5.74, 6) is 0.304. The van der Waals surface area contributed by atoms with E-state index in [0.29, 0.717) is 34.4 Å². The third-order valence-corrected chi connectivity index (χ3v) is 7.18. The van der Waals surface area contributed by atoms with Gasteiger partial charge in [-0.25, -0.2) is 9.97 Å². The van der Waals surface area contributed by atoms with Crippen LogP contribution in [0.4, 0.5) is 0 Å². The molecule has 0 spiro atoms. The molecule has 2 amide bonds. The SMILES string of the molecule is Cc1ccc(C(=O)N2CCC(N3CCC(NC(=O)c4c(-c5ccncn5)noc4C)CC3)CC2)nc1. The predicted octanol–water partition coefficient (Wildman–Crippen LogP) is 2.64. The molecular weight excluding hydrogens is 458 g/mol. The zero-order chi connectivity index (χ0) is 25.1. The van der Waals surface area contributed by atoms with Crippen LogP contribution in [0.25, 0.3) is 11.4 Å². The lowest BCUT2D eigenvalue weighted by Crippen LogP contribution is -2.51. The van der Waals surface area contributed by atoms with Crippen LogP contribution >= 0.6 is 0 Å². The highest BCUT2D eigenvalue weighted by molar-refractivity contribution is 6.00. The van der Waals surface area contributed by atoms with Crippen LogP contribution in [0.15, 0.2) is 41.4 Å². The van der Waals surface area contributed by atoms with Gasteiger partial charge in [0.1, 0.15) is 29.0 Å². The molecule has 3 aromatic heterocycles. The van der Waals surface area contributed by atoms with Gasteiger partial charge < -0.3 is 19.6 Å². The Morgan fingerprint density at radius 2 is 1.78 bits per heavy atom. The van der Waals surface area contributed by atoms with Gasteiger partial charge in [0.2, 0.25) is 0 Å². The molecule has 188 valence electrons. The molecule has 36 heavy (non-hydrogen) atoms. The average molecular weight is 490 g/mol. The van der Waals surface area contributed by atoms with E-state index in [-0.39, 0.29) is 17.9 Å². The number of pyridine rings is 1. The van der Waals surface area contributed by atoms with Crippen molar-refractivity contribution in [2.75, 3.05) is 26.2 Å². The predicted molar refractivity (Wildman–Crippen MR) is 132 cm³/mol. The minimum Gasteiger partial charge on any atom is -0.360 e. The van der Waals surface area contributed by atoms with Crippen LogP contribution in [-0.4, -0.2) is 80.0 Å². The van der Waals surface area contributed by atoms with Crippen molar-refractivity contribution in [3.63, 3.8) is 0 Å². The second-order valence-electron chi connectivity index (χ2n) is 9.58. The van der Waals surface area contributed by atoms with Gasteiger partial charge >= 0.3 is 0 Å². The molecule has 2 saturated heterocycles. The lowest BCUT2D eigenvalue weighted by Gasteiger charge is -2.41. The number of carbonyl (C=O) groups excluding carboxylic acids is 2. The van der Waals surface area contributed by atoms with Gasteiger partial charge in [-0.15, -0.1) is 0 Å². The molecule has 0 saturated carbocycles. The first-order chi connectivity index (χ1) is 17.5. The van der Waals surface area contributed by atoms with E-state index in [4.69, 9.17) is 4.52 Å². The molecule has 1 N–H and O–H groups in total. The lowest BCUT2D eigenvalue weighted by molar-refractivity contribution is 0.0561. The molecule has 2 fully saturated rings. The highest BCUT2D eigenvalue weighted by Gasteiger charge is 2.31. The summed E-state index contributed by atoms with van der Waals surface area (Å²) in [7, 11) is 0. The molecular formula is C26H31N7O3. The Morgan fingerprint density at radius 1 is 1.00 bits per heavy atom. The van der Waals surface area contributed by atoms with Crippen LogP contribution in [0, 0.1) is 13.8 Å². The van der Waals surface area contributed by atoms with Gasteiger partial charge in [-0.2, -0.15) is 0 Å². The summed E-state index contributed by atoms with van der Waals surface area (Å²) in [6.07, 6.45) is 8.45. The fourth-order valence-electron chi connectivity index (χ4n) is 5.10. The third-order valence-electron chi connectivity index (χ3n) is 7.18. The Bertz CT molecular complexity index is 1200. The van der Waals surface area contributed by atoms with Crippen molar-refractivity contribution in [3.05, 3.63) is 59.5 Å². The Labute approximate surface area is 210 Å². The summed E-state index contributed by atoms with van der Waals surface area (Å²) in [6.45, 7) is 7.03. The molecule has 10 heteroatoms. The van der Waals surface area contributed by atoms with Crippen molar-refractivity contribution >= 4 is 11.8 Å². The fraction of sp³-hybridized carbons (Fsp3) is 0.462. The topological polar surface area (TPSA) is 117 Å². The number of nitrogens with zero attached hydrogens (tertiary/aromatic N) is 6. The van der Waals surface area contributed by atoms with Gasteiger partial charge in [0, 0.05) is 50.7 Å². The number of rotatable bonds is 5. The number of likely N-dealkylation sites (tertiary alicyclic amines) is 2. The van der Waals surface area contributed by atoms with E-state index in [1.54, 1.807) is 31.5 Å². The van der Waals surface area contributed by atoms with Crippen molar-refractivity contribution in [1.29, 1.82) is 0 Å². The van der Waals surface area contributed by atoms with Crippen molar-refractivity contribution in [3.8, 4) is 11.4 Å². The van der Waals surface area contributed by atoms with E-state index in [1.165, 1.54) is 6.33 Å². The summed E-state index contributed by atoms with van der Waals surface area (Å²) < 4.78 is 5.30. The first kappa shape index (κ1) is 24.1. The molecule has 5 rings (SSSR count). The van der Waals surface area contributed by atoms with Gasteiger partial charge in [-0.05, 0) is 57.2 Å². The first-order valence-corrected chi connectivity index (χ1v) is 12.5. The molecule has 3 aromatic rings. The summed E-state index contributed by atoms with van der Waals surface area (Å²) >= 11 is 0. The number of piperidine rings is 2. The van der Waals surface area contributed by atoms with Crippen LogP contribution < -0.4 is 5.32 Å². The summed E-state index contributed by atoms with van der Waals surface area (Å²) in [4.78, 5) is 42.7. The first-order valence-electron chi connectivity index (χ1n) is 12.5. The maximum atomic E-state index is 13.1. The number of carbonyl (C=O) groups is 2. The Balaban J connectivity index is 1.12. The monoisotopic (exact) mass is 489 g/mol. The fourth-order valence-corrected chi connectivity index (χ4v) is 5.10. The number of nitrogens with one attached hydrogen (secondary N) is 1. The van der Waals surface area contributed by atoms with Crippen LogP contribution in [-0.2, 0) is 0 Å². The minimum absolute atomic E-state index is 0.0141. The van der Waals surface area contributed by atoms with E-state index in [2.05, 4.69) is 30.3 Å². The third kappa shape index (κ3) is 5.13. The summed E-state index contributed by atoms with van der Waals surface area (Å²) in [5, 5.41) is 7.22. The molecule has 2 aliphatic heterocycles. The van der Waals surface area contributed by atoms with Gasteiger partial charge in [0.15, 0.2) is 0 Å². The van der Waals surface area contributed by atoms with E-state index in [9.17, 15) is 9.59 Å². The number of hydrogen-bond acceptors (Lipinski definition) is 8. The van der Waals surface area contributed by atoms with Crippen molar-refractivity contribution in [2.24, 2.45) is 0 Å². The van der Waals surface area contributed by atoms with Crippen LogP contribution in [0.1, 0.15) is 57.9 Å². The van der Waals surface area contributed by atoms with E-state index in [1.807, 2.05) is 17.9 Å². The largest absolute Gasteiger partial charge is 0.360 e. The maximum Gasteiger partial charge on any atom is 0.272 e. The molecule has 0 aromatic carbocycles. The second-order valence-corrected chi connectivity index (χ2v) is 9.58. The number of aromatic nitrogens is 4. The molecule has 0 unspecified atom stereocenters. The van der Waals surface area contributed by atoms with E-state index in [0.717, 1.165) is 57.4 Å². The van der Waals surface area contributed by atoms with Gasteiger partial charge in [-0.1, -0.05) is 11.2 Å². The molecule has 0 radical (unpaired) electrons. The zero-order valence-corrected chi connectivity index (χ0v) is 20.7. The van der Waals surface area contributed by atoms with Gasteiger partial charge in [0.25, 0.3) is 11.8 Å². The Morgan fingerprint density at radius 3 is 2.44 bits per heavy atom. The quantitative estimate of drug-likeness (QED) is 0.581. The smallest absolute Gasteiger partial charge is 0.272 e. The Hall–Kier alpha value is -3.66. The summed E-state index contributed by atoms with van der Waals surface area (Å²) in [5.41, 5.74) is 2.99. The van der Waals surface area contributed by atoms with E-state index >= 15 is 0 Å². The van der Waals surface area contributed by atoms with E-state index < -0.39 is 0 Å². The molecule has 2 aliphatic rings. The second kappa shape index (κ2) is 10.5. The minimum atomic E-state index is -0.183. The lowest BCUT2D eigenvalue weighted by atomic mass is 9.97. The van der Waals surface area contributed by atoms with Gasteiger partial charge in [-0.3, -0.25) is 14.6 Å². The highest BCUT2D eigenvalue weighted by Crippen LogP contribution is 2.25. The van der Waals surface area contributed by atoms with Crippen LogP contribution in [0.3, 0.4) is 0 Å². The van der Waals surface area contributed by atoms with Crippen LogP contribution in [0.2, 0.25) is 0 Å². The zero-order valence-electron chi connectivity index (χ0n) is 20.7. The highest BCUT2D eigenvalue weighted by atomic mass is 16.5. The molecule has 0 aliphatic carbocycles. The van der Waals surface area contributed by atoms with Crippen molar-refractivity contribution < 1.29 is 14.1 Å². The normalized spacial score (nSPS) is 17.8. The maximum absolute atomic E-state index is 13.1. The molecule has 0 bridgehead atoms. The molecule has 5 heterocycles. The average Bonchev–Trinajstić information content (AvgIpc) is 3.31. The number of hydrogen-bond donors (Lipinski definition) is 1. The van der Waals surface area contributed by atoms with Crippen molar-refractivity contribution in [1.82, 2.24) is 35.2 Å². The molecule has 10 nitrogen and oxygen atoms in total. The molecule has 0 atom stereocenters. The van der Waals surface area contributed by atoms with Crippen molar-refractivity contribution in [2.45, 2.75) is 51.6 Å². The van der Waals surface area contributed by atoms with Crippen LogP contribution in [0.5, 0.6) is 0 Å². The number of amides is 2. The Kier molecular flexibility index (Phi) is 7.04. The van der Waals surface area contributed by atoms with Gasteiger partial charge in [0.05, 0.1) is 5.69 Å². The summed E-state index contributed by atoms with van der Waals surface area (Å²) in [6, 6.07) is 6.00.